The second kappa shape index (κ2) is 17.2. The predicted molar refractivity (Wildman–Crippen MR) is 170 cm³/mol. The molecule has 0 spiro atoms. The molecule has 19 heteroatoms. The standard InChI is InChI=1S/C33H56O19/c1-11-21(37)24(40)27(43)31(47-11)46-10-20-23(39)26(42)29(45)33(52-20)50-18-8-15-16(48-30(18)12-2-4-13(35)5-3-12)6-14(36)7-17(15)49-32-28(44)25(41)22(38)19(9-34)51-32/h11-45H,2-10H2,1H3/p+1. The zero-order chi connectivity index (χ0) is 37.6. The van der Waals surface area contributed by atoms with Crippen LogP contribution in [0.25, 0.3) is 0 Å². The summed E-state index contributed by atoms with van der Waals surface area (Å²) in [4.78, 5) is 0. The largest absolute Gasteiger partial charge is 0.427 e. The first kappa shape index (κ1) is 40.9. The van der Waals surface area contributed by atoms with Crippen LogP contribution in [0.3, 0.4) is 0 Å². The van der Waals surface area contributed by atoms with E-state index in [1.165, 1.54) is 6.92 Å². The molecule has 2 saturated carbocycles. The highest BCUT2D eigenvalue weighted by Crippen LogP contribution is 2.44. The summed E-state index contributed by atoms with van der Waals surface area (Å²) < 4.78 is 40.3. The smallest absolute Gasteiger partial charge is 0.187 e. The molecule has 2 aliphatic carbocycles. The summed E-state index contributed by atoms with van der Waals surface area (Å²) in [5, 5.41) is 125. The van der Waals surface area contributed by atoms with Crippen LogP contribution in [0.4, 0.5) is 0 Å². The van der Waals surface area contributed by atoms with E-state index in [0.717, 1.165) is 0 Å². The van der Waals surface area contributed by atoms with E-state index in [-0.39, 0.29) is 18.8 Å². The van der Waals surface area contributed by atoms with Gasteiger partial charge in [-0.1, -0.05) is 0 Å². The molecule has 4 saturated heterocycles. The Morgan fingerprint density at radius 3 is 1.75 bits per heavy atom. The maximum absolute atomic E-state index is 11.0. The van der Waals surface area contributed by atoms with Crippen molar-refractivity contribution < 1.29 is 94.4 Å². The monoisotopic (exact) mass is 757 g/mol. The predicted octanol–water partition coefficient (Wildman–Crippen LogP) is -5.80. The highest BCUT2D eigenvalue weighted by molar-refractivity contribution is 4.99. The highest BCUT2D eigenvalue weighted by atomic mass is 16.7. The Morgan fingerprint density at radius 2 is 1.12 bits per heavy atom. The zero-order valence-corrected chi connectivity index (χ0v) is 28.9. The maximum atomic E-state index is 11.0. The van der Waals surface area contributed by atoms with Gasteiger partial charge in [0, 0.05) is 18.8 Å². The van der Waals surface area contributed by atoms with Gasteiger partial charge in [-0.15, -0.1) is 0 Å². The quantitative estimate of drug-likeness (QED) is 0.0975. The van der Waals surface area contributed by atoms with Crippen LogP contribution in [0.1, 0.15) is 51.9 Å². The lowest BCUT2D eigenvalue weighted by atomic mass is 9.73. The lowest BCUT2D eigenvalue weighted by molar-refractivity contribution is -0.370. The van der Waals surface area contributed by atoms with Gasteiger partial charge in [0.2, 0.25) is 0 Å². The molecule has 13 N–H and O–H groups in total. The van der Waals surface area contributed by atoms with Crippen LogP contribution < -0.4 is 0 Å². The zero-order valence-electron chi connectivity index (χ0n) is 28.9. The van der Waals surface area contributed by atoms with Gasteiger partial charge in [-0.25, -0.2) is 0 Å². The van der Waals surface area contributed by atoms with E-state index in [4.69, 9.17) is 33.2 Å². The van der Waals surface area contributed by atoms with Crippen LogP contribution in [0.15, 0.2) is 0 Å². The molecular weight excluding hydrogens is 700 g/mol. The van der Waals surface area contributed by atoms with Crippen molar-refractivity contribution in [3.05, 3.63) is 0 Å². The molecular formula is C33H57O19+. The van der Waals surface area contributed by atoms with Gasteiger partial charge >= 0.3 is 0 Å². The Kier molecular flexibility index (Phi) is 13.5. The van der Waals surface area contributed by atoms with Crippen molar-refractivity contribution in [2.24, 2.45) is 11.8 Å². The minimum Gasteiger partial charge on any atom is -0.427 e. The van der Waals surface area contributed by atoms with Crippen molar-refractivity contribution in [2.45, 2.75) is 181 Å². The van der Waals surface area contributed by atoms with E-state index in [0.29, 0.717) is 32.1 Å². The topological polar surface area (TPSA) is 311 Å². The van der Waals surface area contributed by atoms with E-state index in [1.54, 1.807) is 0 Å². The number of aliphatic hydroxyl groups excluding tert-OH is 12. The molecule has 6 rings (SSSR count). The molecule has 21 atom stereocenters. The molecule has 52 heavy (non-hydrogen) atoms. The number of aliphatic hydroxyl groups is 14. The van der Waals surface area contributed by atoms with Crippen molar-refractivity contribution in [2.75, 3.05) is 13.2 Å². The van der Waals surface area contributed by atoms with Crippen LogP contribution in [-0.4, -0.2) is 208 Å². The summed E-state index contributed by atoms with van der Waals surface area (Å²) in [5.41, 5.74) is 0. The number of hydrogen-bond donors (Lipinski definition) is 12. The van der Waals surface area contributed by atoms with Crippen molar-refractivity contribution in [1.82, 2.24) is 0 Å². The van der Waals surface area contributed by atoms with Gasteiger partial charge in [0.1, 0.15) is 73.2 Å². The molecule has 19 nitrogen and oxygen atoms in total. The summed E-state index contributed by atoms with van der Waals surface area (Å²) >= 11 is 0. The first-order valence-corrected chi connectivity index (χ1v) is 18.4. The minimum absolute atomic E-state index is 0.0534. The maximum Gasteiger partial charge on any atom is 0.187 e. The summed E-state index contributed by atoms with van der Waals surface area (Å²) in [6, 6.07) is 0. The lowest BCUT2D eigenvalue weighted by Gasteiger charge is -2.50. The van der Waals surface area contributed by atoms with E-state index in [1.807, 2.05) is 0 Å². The summed E-state index contributed by atoms with van der Waals surface area (Å²) in [6.45, 7) is 0.350. The van der Waals surface area contributed by atoms with E-state index in [2.05, 4.69) is 0 Å². The molecule has 6 fully saturated rings. The normalized spacial score (nSPS) is 54.8. The fourth-order valence-electron chi connectivity index (χ4n) is 8.64. The van der Waals surface area contributed by atoms with Crippen molar-refractivity contribution >= 4 is 0 Å². The third-order valence-corrected chi connectivity index (χ3v) is 11.8. The van der Waals surface area contributed by atoms with E-state index >= 15 is 0 Å². The first-order valence-electron chi connectivity index (χ1n) is 18.4. The number of ether oxygens (including phenoxy) is 7. The van der Waals surface area contributed by atoms with Crippen LogP contribution in [0.2, 0.25) is 0 Å². The molecule has 6 aliphatic rings. The number of rotatable bonds is 9. The van der Waals surface area contributed by atoms with Gasteiger partial charge in [-0.3, -0.25) is 0 Å². The second-order valence-corrected chi connectivity index (χ2v) is 15.4. The van der Waals surface area contributed by atoms with Crippen molar-refractivity contribution in [3.63, 3.8) is 0 Å². The average molecular weight is 758 g/mol. The van der Waals surface area contributed by atoms with Gasteiger partial charge in [0.25, 0.3) is 0 Å². The second-order valence-electron chi connectivity index (χ2n) is 15.4. The van der Waals surface area contributed by atoms with Crippen molar-refractivity contribution in [1.29, 1.82) is 0 Å². The molecule has 0 aromatic heterocycles. The van der Waals surface area contributed by atoms with E-state index < -0.39 is 148 Å². The van der Waals surface area contributed by atoms with Crippen LogP contribution in [0, 0.1) is 11.8 Å². The van der Waals surface area contributed by atoms with Gasteiger partial charge < -0.3 is 94.4 Å². The van der Waals surface area contributed by atoms with Gasteiger partial charge in [0.15, 0.2) is 31.1 Å². The third-order valence-electron chi connectivity index (χ3n) is 11.8. The minimum atomic E-state index is -1.75. The Labute approximate surface area is 300 Å². The van der Waals surface area contributed by atoms with E-state index in [9.17, 15) is 61.3 Å². The fraction of sp³-hybridized carbons (Fsp3) is 1.00. The van der Waals surface area contributed by atoms with Crippen LogP contribution >= 0.6 is 0 Å². The molecule has 0 aromatic carbocycles. The lowest BCUT2D eigenvalue weighted by Crippen LogP contribution is -2.64. The van der Waals surface area contributed by atoms with Crippen LogP contribution in [0.5, 0.6) is 0 Å². The molecule has 0 bridgehead atoms. The molecule has 302 valence electrons. The third kappa shape index (κ3) is 8.48. The highest BCUT2D eigenvalue weighted by Gasteiger charge is 2.56. The summed E-state index contributed by atoms with van der Waals surface area (Å²) in [5.74, 6) is -0.502. The summed E-state index contributed by atoms with van der Waals surface area (Å²) in [6.07, 6.45) is -23.3. The Morgan fingerprint density at radius 1 is 0.558 bits per heavy atom. The molecule has 4 heterocycles. The Hall–Kier alpha value is -0.760. The molecule has 0 radical (unpaired) electrons. The average Bonchev–Trinajstić information content (AvgIpc) is 3.12. The SMILES string of the molecule is CC1OC(OCC2OC(OC3CC4C(OC5OC(CO)C(O)C(O)C5O)CC(O)CC4[OH+]C3C3CCC(O)CC3)C(O)C(O)C2O)C(O)C(O)C1O. The fourth-order valence-corrected chi connectivity index (χ4v) is 8.64. The molecule has 21 unspecified atom stereocenters. The van der Waals surface area contributed by atoms with Gasteiger partial charge in [0.05, 0.1) is 43.5 Å². The van der Waals surface area contributed by atoms with Crippen molar-refractivity contribution in [3.8, 4) is 0 Å². The Balaban J connectivity index is 1.19. The summed E-state index contributed by atoms with van der Waals surface area (Å²) in [7, 11) is 0. The number of fused-ring (bicyclic) bond motifs is 1. The first-order chi connectivity index (χ1) is 24.7. The van der Waals surface area contributed by atoms with Gasteiger partial charge in [-0.05, 0) is 39.0 Å². The molecule has 4 aliphatic heterocycles. The number of hydrogen-bond acceptors (Lipinski definition) is 18. The Bertz CT molecular complexity index is 1130. The molecule has 0 amide bonds. The van der Waals surface area contributed by atoms with Gasteiger partial charge in [-0.2, -0.15) is 0 Å². The van der Waals surface area contributed by atoms with Crippen LogP contribution in [-0.2, 0) is 28.4 Å². The molecule has 0 aromatic rings.